The van der Waals surface area contributed by atoms with Crippen LogP contribution in [0.5, 0.6) is 0 Å². The molecular formula is CH3PS6. The van der Waals surface area contributed by atoms with E-state index in [1.165, 1.54) is 0 Å². The largest absolute Gasteiger partial charge is 0.0770 e. The van der Waals surface area contributed by atoms with E-state index in [4.69, 9.17) is 11.8 Å². The van der Waals surface area contributed by atoms with E-state index < -0.39 is 4.44 Å². The Kier molecular flexibility index (Phi) is 3.92. The molecule has 0 saturated carbocycles. The lowest BCUT2D eigenvalue weighted by Gasteiger charge is -2.16. The predicted molar refractivity (Wildman–Crippen MR) is 58.2 cm³/mol. The standard InChI is InChI=1S/CH3PS6/c1-2(3)4-6-8-7-5-2/h1H3. The first-order chi connectivity index (χ1) is 3.71. The fourth-order valence-electron chi connectivity index (χ4n) is 0.159. The lowest BCUT2D eigenvalue weighted by Crippen LogP contribution is -1.57. The highest BCUT2D eigenvalue weighted by Crippen LogP contribution is 2.83. The van der Waals surface area contributed by atoms with Crippen molar-refractivity contribution in [2.45, 2.75) is 0 Å². The number of hydrogen-bond donors (Lipinski definition) is 0. The van der Waals surface area contributed by atoms with Crippen molar-refractivity contribution < 1.29 is 0 Å². The average molecular weight is 238 g/mol. The van der Waals surface area contributed by atoms with E-state index in [1.54, 1.807) is 0 Å². The molecule has 48 valence electrons. The summed E-state index contributed by atoms with van der Waals surface area (Å²) in [6.07, 6.45) is 0. The minimum Gasteiger partial charge on any atom is -0.0729 e. The Balaban J connectivity index is 2.45. The van der Waals surface area contributed by atoms with Crippen molar-refractivity contribution in [2.24, 2.45) is 0 Å². The molecule has 0 amide bonds. The van der Waals surface area contributed by atoms with Gasteiger partial charge in [0.05, 0.1) is 4.44 Å². The molecule has 0 aromatic rings. The minimum absolute atomic E-state index is 1.01. The molecule has 0 radical (unpaired) electrons. The molecule has 1 heterocycles. The van der Waals surface area contributed by atoms with Crippen LogP contribution in [0, 0.1) is 0 Å². The van der Waals surface area contributed by atoms with Crippen LogP contribution in [-0.2, 0) is 11.8 Å². The second kappa shape index (κ2) is 3.69. The zero-order valence-electron chi connectivity index (χ0n) is 3.90. The van der Waals surface area contributed by atoms with Gasteiger partial charge in [-0.05, 0) is 57.0 Å². The third kappa shape index (κ3) is 2.99. The van der Waals surface area contributed by atoms with Gasteiger partial charge in [0, 0.05) is 0 Å². The Bertz CT molecular complexity index is 110. The Morgan fingerprint density at radius 3 is 1.88 bits per heavy atom. The van der Waals surface area contributed by atoms with E-state index >= 15 is 0 Å². The summed E-state index contributed by atoms with van der Waals surface area (Å²) >= 11 is 5.28. The van der Waals surface area contributed by atoms with Crippen molar-refractivity contribution in [3.63, 3.8) is 0 Å². The summed E-state index contributed by atoms with van der Waals surface area (Å²) in [5.41, 5.74) is 0. The summed E-state index contributed by atoms with van der Waals surface area (Å²) in [6, 6.07) is 0. The van der Waals surface area contributed by atoms with E-state index in [0.29, 0.717) is 0 Å². The Morgan fingerprint density at radius 1 is 1.12 bits per heavy atom. The van der Waals surface area contributed by atoms with Crippen LogP contribution < -0.4 is 0 Å². The smallest absolute Gasteiger partial charge is 0.0729 e. The average Bonchev–Trinajstić information content (AvgIpc) is 1.65. The van der Waals surface area contributed by atoms with Crippen LogP contribution in [0.4, 0.5) is 0 Å². The molecule has 0 aromatic heterocycles. The molecule has 1 saturated heterocycles. The first-order valence-electron chi connectivity index (χ1n) is 1.66. The molecule has 0 aromatic carbocycles. The van der Waals surface area contributed by atoms with Gasteiger partial charge in [0.15, 0.2) is 0 Å². The van der Waals surface area contributed by atoms with Gasteiger partial charge in [0.2, 0.25) is 0 Å². The summed E-state index contributed by atoms with van der Waals surface area (Å²) in [7, 11) is 9.20. The topological polar surface area (TPSA) is 0 Å². The SMILES string of the molecule is CP1(=S)SSSSS1. The molecule has 0 nitrogen and oxygen atoms in total. The molecule has 1 aliphatic heterocycles. The molecule has 1 aliphatic rings. The molecule has 0 N–H and O–H groups in total. The molecule has 1 rings (SSSR count). The van der Waals surface area contributed by atoms with Gasteiger partial charge in [-0.2, -0.15) is 0 Å². The highest BCUT2D eigenvalue weighted by Gasteiger charge is 2.18. The maximum atomic E-state index is 5.28. The second-order valence-corrected chi connectivity index (χ2v) is 20.5. The maximum Gasteiger partial charge on any atom is 0.0770 e. The van der Waals surface area contributed by atoms with Gasteiger partial charge >= 0.3 is 0 Å². The van der Waals surface area contributed by atoms with Gasteiger partial charge in [-0.1, -0.05) is 11.8 Å². The van der Waals surface area contributed by atoms with E-state index in [2.05, 4.69) is 6.66 Å². The Labute approximate surface area is 72.6 Å². The van der Waals surface area contributed by atoms with Gasteiger partial charge in [-0.3, -0.25) is 0 Å². The van der Waals surface area contributed by atoms with Crippen molar-refractivity contribution >= 4 is 66.6 Å². The first-order valence-corrected chi connectivity index (χ1v) is 12.3. The molecule has 1 fully saturated rings. The van der Waals surface area contributed by atoms with Crippen LogP contribution in [0.1, 0.15) is 0 Å². The fraction of sp³-hybridized carbons (Fsp3) is 1.00. The van der Waals surface area contributed by atoms with Gasteiger partial charge in [0.25, 0.3) is 0 Å². The van der Waals surface area contributed by atoms with Crippen LogP contribution in [0.2, 0.25) is 0 Å². The summed E-state index contributed by atoms with van der Waals surface area (Å²) in [6.45, 7) is 2.18. The molecule has 0 atom stereocenters. The zero-order chi connectivity index (χ0) is 6.04. The molecule has 8 heavy (non-hydrogen) atoms. The number of rotatable bonds is 0. The van der Waals surface area contributed by atoms with E-state index in [0.717, 1.165) is 0 Å². The van der Waals surface area contributed by atoms with Crippen LogP contribution in [0.3, 0.4) is 0 Å². The quantitative estimate of drug-likeness (QED) is 0.453. The highest BCUT2D eigenvalue weighted by molar-refractivity contribution is 9.55. The lowest BCUT2D eigenvalue weighted by molar-refractivity contribution is 2.50. The highest BCUT2D eigenvalue weighted by atomic mass is 34.0. The van der Waals surface area contributed by atoms with Crippen LogP contribution in [0.15, 0.2) is 0 Å². The molecule has 7 heteroatoms. The summed E-state index contributed by atoms with van der Waals surface area (Å²) in [5, 5.41) is 0. The van der Waals surface area contributed by atoms with E-state index in [1.807, 2.05) is 50.3 Å². The lowest BCUT2D eigenvalue weighted by atomic mass is 12.0. The minimum atomic E-state index is -1.01. The first kappa shape index (κ1) is 8.50. The van der Waals surface area contributed by atoms with Crippen LogP contribution in [-0.4, -0.2) is 6.66 Å². The van der Waals surface area contributed by atoms with Gasteiger partial charge in [0.1, 0.15) is 0 Å². The van der Waals surface area contributed by atoms with Crippen molar-refractivity contribution in [2.75, 3.05) is 6.66 Å². The maximum absolute atomic E-state index is 5.28. The summed E-state index contributed by atoms with van der Waals surface area (Å²) < 4.78 is -1.01. The van der Waals surface area contributed by atoms with Crippen LogP contribution >= 0.6 is 54.7 Å². The monoisotopic (exact) mass is 238 g/mol. The molecule has 0 unspecified atom stereocenters. The van der Waals surface area contributed by atoms with Gasteiger partial charge in [-0.15, -0.1) is 0 Å². The Hall–Kier alpha value is 2.40. The Morgan fingerprint density at radius 2 is 1.62 bits per heavy atom. The third-order valence-corrected chi connectivity index (χ3v) is 23.3. The van der Waals surface area contributed by atoms with Crippen LogP contribution in [0.25, 0.3) is 0 Å². The number of hydrogen-bond acceptors (Lipinski definition) is 6. The predicted octanol–water partition coefficient (Wildman–Crippen LogP) is 4.27. The van der Waals surface area contributed by atoms with E-state index in [-0.39, 0.29) is 0 Å². The van der Waals surface area contributed by atoms with E-state index in [9.17, 15) is 0 Å². The summed E-state index contributed by atoms with van der Waals surface area (Å²) in [5.74, 6) is 0. The molecule has 0 bridgehead atoms. The van der Waals surface area contributed by atoms with Crippen molar-refractivity contribution in [1.82, 2.24) is 0 Å². The van der Waals surface area contributed by atoms with Crippen molar-refractivity contribution in [3.05, 3.63) is 0 Å². The van der Waals surface area contributed by atoms with Gasteiger partial charge < -0.3 is 0 Å². The van der Waals surface area contributed by atoms with Gasteiger partial charge in [-0.25, -0.2) is 0 Å². The molecule has 0 spiro atoms. The molecular weight excluding hydrogens is 235 g/mol. The fourth-order valence-corrected chi connectivity index (χ4v) is 28.8. The zero-order valence-corrected chi connectivity index (χ0v) is 9.69. The molecule has 0 aliphatic carbocycles. The normalized spacial score (nSPS) is 27.6. The summed E-state index contributed by atoms with van der Waals surface area (Å²) in [4.78, 5) is 0. The third-order valence-electron chi connectivity index (χ3n) is 0.387. The second-order valence-electron chi connectivity index (χ2n) is 1.12. The van der Waals surface area contributed by atoms with Crippen molar-refractivity contribution in [1.29, 1.82) is 0 Å². The van der Waals surface area contributed by atoms with Crippen molar-refractivity contribution in [3.8, 4) is 0 Å².